The van der Waals surface area contributed by atoms with Crippen LogP contribution >= 0.6 is 11.6 Å². The minimum Gasteiger partial charge on any atom is -0.316 e. The summed E-state index contributed by atoms with van der Waals surface area (Å²) in [7, 11) is 0. The van der Waals surface area contributed by atoms with Crippen LogP contribution in [-0.2, 0) is 0 Å². The molecule has 0 spiro atoms. The second kappa shape index (κ2) is 9.41. The average Bonchev–Trinajstić information content (AvgIpc) is 2.36. The van der Waals surface area contributed by atoms with Crippen LogP contribution in [0.1, 0.15) is 58.4 Å². The van der Waals surface area contributed by atoms with E-state index in [-0.39, 0.29) is 0 Å². The van der Waals surface area contributed by atoms with Crippen molar-refractivity contribution in [1.82, 2.24) is 5.32 Å². The summed E-state index contributed by atoms with van der Waals surface area (Å²) < 4.78 is 0. The van der Waals surface area contributed by atoms with E-state index in [4.69, 9.17) is 11.6 Å². The number of rotatable bonds is 9. The Hall–Kier alpha value is -0.530. The largest absolute Gasteiger partial charge is 0.316 e. The highest BCUT2D eigenvalue weighted by Gasteiger charge is 2.12. The van der Waals surface area contributed by atoms with Crippen LogP contribution in [0.5, 0.6) is 0 Å². The second-order valence-electron chi connectivity index (χ2n) is 6.63. The summed E-state index contributed by atoms with van der Waals surface area (Å²) in [5.74, 6) is 2.07. The Balaban J connectivity index is 2.58. The van der Waals surface area contributed by atoms with Gasteiger partial charge in [0.1, 0.15) is 0 Å². The topological polar surface area (TPSA) is 12.0 Å². The maximum absolute atomic E-state index is 6.14. The molecule has 1 atom stereocenters. The summed E-state index contributed by atoms with van der Waals surface area (Å²) in [6.45, 7) is 11.2. The van der Waals surface area contributed by atoms with Crippen LogP contribution in [0.15, 0.2) is 24.3 Å². The molecule has 0 amide bonds. The van der Waals surface area contributed by atoms with Gasteiger partial charge in [-0.05, 0) is 48.4 Å². The van der Waals surface area contributed by atoms with Gasteiger partial charge in [0, 0.05) is 11.6 Å². The molecule has 0 saturated heterocycles. The standard InChI is InChI=1S/C18H30ClN/c1-14(2)7-5-9-17(13-20-12-15(3)4)16-8-6-10-18(19)11-16/h6,8,10-11,14-15,17,20H,5,7,9,12-13H2,1-4H3. The van der Waals surface area contributed by atoms with E-state index < -0.39 is 0 Å². The van der Waals surface area contributed by atoms with Crippen molar-refractivity contribution in [1.29, 1.82) is 0 Å². The van der Waals surface area contributed by atoms with Crippen LogP contribution in [0, 0.1) is 11.8 Å². The molecule has 0 aliphatic carbocycles. The molecule has 1 aromatic rings. The summed E-state index contributed by atoms with van der Waals surface area (Å²) in [6.07, 6.45) is 3.84. The normalized spacial score (nSPS) is 13.2. The first-order valence-electron chi connectivity index (χ1n) is 7.95. The molecule has 1 rings (SSSR count). The second-order valence-corrected chi connectivity index (χ2v) is 7.07. The van der Waals surface area contributed by atoms with Gasteiger partial charge in [-0.25, -0.2) is 0 Å². The molecule has 1 aromatic carbocycles. The van der Waals surface area contributed by atoms with E-state index in [1.165, 1.54) is 24.8 Å². The fourth-order valence-electron chi connectivity index (χ4n) is 2.47. The van der Waals surface area contributed by atoms with E-state index >= 15 is 0 Å². The van der Waals surface area contributed by atoms with Crippen LogP contribution in [0.3, 0.4) is 0 Å². The van der Waals surface area contributed by atoms with Gasteiger partial charge in [-0.2, -0.15) is 0 Å². The highest BCUT2D eigenvalue weighted by Crippen LogP contribution is 2.25. The highest BCUT2D eigenvalue weighted by atomic mass is 35.5. The molecule has 0 aliphatic rings. The molecule has 0 aromatic heterocycles. The van der Waals surface area contributed by atoms with Crippen molar-refractivity contribution in [2.75, 3.05) is 13.1 Å². The molecule has 0 bridgehead atoms. The maximum atomic E-state index is 6.14. The van der Waals surface area contributed by atoms with Gasteiger partial charge in [0.05, 0.1) is 0 Å². The van der Waals surface area contributed by atoms with E-state index in [1.54, 1.807) is 0 Å². The summed E-state index contributed by atoms with van der Waals surface area (Å²) in [5, 5.41) is 4.45. The van der Waals surface area contributed by atoms with Gasteiger partial charge in [-0.3, -0.25) is 0 Å². The van der Waals surface area contributed by atoms with Gasteiger partial charge in [0.15, 0.2) is 0 Å². The van der Waals surface area contributed by atoms with Crippen molar-refractivity contribution in [3.8, 4) is 0 Å². The van der Waals surface area contributed by atoms with Crippen molar-refractivity contribution < 1.29 is 0 Å². The number of benzene rings is 1. The zero-order valence-corrected chi connectivity index (χ0v) is 14.2. The van der Waals surface area contributed by atoms with Crippen molar-refractivity contribution in [3.05, 3.63) is 34.9 Å². The Morgan fingerprint density at radius 3 is 2.35 bits per heavy atom. The van der Waals surface area contributed by atoms with Crippen molar-refractivity contribution >= 4 is 11.6 Å². The first kappa shape index (κ1) is 17.5. The van der Waals surface area contributed by atoms with E-state index in [1.807, 2.05) is 6.07 Å². The van der Waals surface area contributed by atoms with Crippen LogP contribution in [0.4, 0.5) is 0 Å². The van der Waals surface area contributed by atoms with Gasteiger partial charge in [0.2, 0.25) is 0 Å². The fraction of sp³-hybridized carbons (Fsp3) is 0.667. The average molecular weight is 296 g/mol. The lowest BCUT2D eigenvalue weighted by atomic mass is 9.91. The highest BCUT2D eigenvalue weighted by molar-refractivity contribution is 6.30. The van der Waals surface area contributed by atoms with Crippen LogP contribution < -0.4 is 5.32 Å². The van der Waals surface area contributed by atoms with Crippen molar-refractivity contribution in [2.24, 2.45) is 11.8 Å². The zero-order valence-electron chi connectivity index (χ0n) is 13.5. The van der Waals surface area contributed by atoms with Crippen LogP contribution in [0.25, 0.3) is 0 Å². The predicted octanol–water partition coefficient (Wildman–Crippen LogP) is 5.50. The SMILES string of the molecule is CC(C)CCCC(CNCC(C)C)c1cccc(Cl)c1. The third-order valence-corrected chi connectivity index (χ3v) is 3.83. The molecule has 0 heterocycles. The quantitative estimate of drug-likeness (QED) is 0.634. The lowest BCUT2D eigenvalue weighted by Crippen LogP contribution is -2.25. The van der Waals surface area contributed by atoms with Crippen molar-refractivity contribution in [2.45, 2.75) is 52.9 Å². The lowest BCUT2D eigenvalue weighted by molar-refractivity contribution is 0.463. The molecule has 1 N–H and O–H groups in total. The summed E-state index contributed by atoms with van der Waals surface area (Å²) in [6, 6.07) is 8.36. The first-order chi connectivity index (χ1) is 9.49. The van der Waals surface area contributed by atoms with Gasteiger partial charge in [-0.15, -0.1) is 0 Å². The van der Waals surface area contributed by atoms with E-state index in [0.29, 0.717) is 11.8 Å². The van der Waals surface area contributed by atoms with Crippen LogP contribution in [0.2, 0.25) is 5.02 Å². The number of nitrogens with one attached hydrogen (secondary N) is 1. The van der Waals surface area contributed by atoms with Gasteiger partial charge < -0.3 is 5.32 Å². The summed E-state index contributed by atoms with van der Waals surface area (Å²) >= 11 is 6.14. The minimum absolute atomic E-state index is 0.575. The van der Waals surface area contributed by atoms with Crippen LogP contribution in [-0.4, -0.2) is 13.1 Å². The Morgan fingerprint density at radius 1 is 1.00 bits per heavy atom. The molecule has 0 saturated carbocycles. The van der Waals surface area contributed by atoms with E-state index in [9.17, 15) is 0 Å². The zero-order chi connectivity index (χ0) is 15.0. The third-order valence-electron chi connectivity index (χ3n) is 3.60. The third kappa shape index (κ3) is 7.31. The number of hydrogen-bond donors (Lipinski definition) is 1. The fourth-order valence-corrected chi connectivity index (χ4v) is 2.66. The van der Waals surface area contributed by atoms with Crippen molar-refractivity contribution in [3.63, 3.8) is 0 Å². The predicted molar refractivity (Wildman–Crippen MR) is 90.6 cm³/mol. The van der Waals surface area contributed by atoms with Gasteiger partial charge >= 0.3 is 0 Å². The molecule has 20 heavy (non-hydrogen) atoms. The lowest BCUT2D eigenvalue weighted by Gasteiger charge is -2.20. The molecule has 1 unspecified atom stereocenters. The molecule has 0 aliphatic heterocycles. The van der Waals surface area contributed by atoms with E-state index in [0.717, 1.165) is 24.0 Å². The van der Waals surface area contributed by atoms with Gasteiger partial charge in [0.25, 0.3) is 0 Å². The number of halogens is 1. The minimum atomic E-state index is 0.575. The smallest absolute Gasteiger partial charge is 0.0408 e. The summed E-state index contributed by atoms with van der Waals surface area (Å²) in [5.41, 5.74) is 1.37. The molecule has 0 fully saturated rings. The summed E-state index contributed by atoms with van der Waals surface area (Å²) in [4.78, 5) is 0. The molecule has 114 valence electrons. The monoisotopic (exact) mass is 295 g/mol. The Kier molecular flexibility index (Phi) is 8.25. The molecular weight excluding hydrogens is 266 g/mol. The Morgan fingerprint density at radius 2 is 1.75 bits per heavy atom. The Labute approximate surface area is 130 Å². The maximum Gasteiger partial charge on any atom is 0.0408 e. The molecular formula is C18H30ClN. The van der Waals surface area contributed by atoms with Gasteiger partial charge in [-0.1, -0.05) is 64.3 Å². The molecule has 0 radical (unpaired) electrons. The molecule has 2 heteroatoms. The number of hydrogen-bond acceptors (Lipinski definition) is 1. The van der Waals surface area contributed by atoms with E-state index in [2.05, 4.69) is 51.2 Å². The molecule has 1 nitrogen and oxygen atoms in total. The Bertz CT molecular complexity index is 359. The first-order valence-corrected chi connectivity index (χ1v) is 8.33.